The summed E-state index contributed by atoms with van der Waals surface area (Å²) in [4.78, 5) is 17.1. The molecule has 0 spiro atoms. The van der Waals surface area contributed by atoms with Gasteiger partial charge in [-0.1, -0.05) is 6.42 Å². The van der Waals surface area contributed by atoms with Crippen molar-refractivity contribution >= 4 is 21.6 Å². The maximum absolute atomic E-state index is 13.5. The molecule has 0 N–H and O–H groups in total. The van der Waals surface area contributed by atoms with Gasteiger partial charge in [0.1, 0.15) is 4.90 Å². The predicted molar refractivity (Wildman–Crippen MR) is 112 cm³/mol. The molecule has 2 heterocycles. The number of benzene rings is 1. The van der Waals surface area contributed by atoms with Gasteiger partial charge in [0, 0.05) is 44.8 Å². The third kappa shape index (κ3) is 4.35. The van der Waals surface area contributed by atoms with E-state index in [4.69, 9.17) is 0 Å². The highest BCUT2D eigenvalue weighted by Gasteiger charge is 2.31. The summed E-state index contributed by atoms with van der Waals surface area (Å²) in [5.41, 5.74) is 1.21. The van der Waals surface area contributed by atoms with E-state index in [1.165, 1.54) is 6.42 Å². The molecule has 0 aliphatic carbocycles. The molecule has 3 rings (SSSR count). The van der Waals surface area contributed by atoms with E-state index in [0.717, 1.165) is 50.9 Å². The van der Waals surface area contributed by atoms with Crippen molar-refractivity contribution in [2.45, 2.75) is 57.3 Å². The third-order valence-electron chi connectivity index (χ3n) is 5.89. The molecule has 1 aromatic carbocycles. The Morgan fingerprint density at radius 3 is 2.07 bits per heavy atom. The first kappa shape index (κ1) is 21.1. The van der Waals surface area contributed by atoms with Crippen LogP contribution in [0.4, 0.5) is 5.69 Å². The molecule has 0 unspecified atom stereocenters. The van der Waals surface area contributed by atoms with E-state index >= 15 is 0 Å². The van der Waals surface area contributed by atoms with Crippen LogP contribution in [0.5, 0.6) is 0 Å². The summed E-state index contributed by atoms with van der Waals surface area (Å²) < 4.78 is 28.6. The summed E-state index contributed by atoms with van der Waals surface area (Å²) >= 11 is 0. The highest BCUT2D eigenvalue weighted by atomic mass is 32.2. The van der Waals surface area contributed by atoms with Crippen LogP contribution in [0.2, 0.25) is 0 Å². The van der Waals surface area contributed by atoms with E-state index < -0.39 is 10.0 Å². The van der Waals surface area contributed by atoms with Crippen LogP contribution in [0, 0.1) is 0 Å². The maximum atomic E-state index is 13.5. The number of amides is 1. The summed E-state index contributed by atoms with van der Waals surface area (Å²) in [7, 11) is -3.62. The van der Waals surface area contributed by atoms with Crippen LogP contribution in [0.25, 0.3) is 0 Å². The lowest BCUT2D eigenvalue weighted by molar-refractivity contribution is 0.0772. The van der Waals surface area contributed by atoms with Crippen LogP contribution < -0.4 is 4.90 Å². The van der Waals surface area contributed by atoms with Gasteiger partial charge >= 0.3 is 0 Å². The fraction of sp³-hybridized carbons (Fsp3) is 0.667. The topological polar surface area (TPSA) is 60.9 Å². The number of carbonyl (C=O) groups is 1. The SMILES string of the molecule is CCN(CC)C(=O)c1ccc(N2CCCCC2)c(S(=O)(=O)N2CCCCC2)c1. The lowest BCUT2D eigenvalue weighted by Gasteiger charge is -2.33. The van der Waals surface area contributed by atoms with E-state index in [9.17, 15) is 13.2 Å². The Bertz CT molecular complexity index is 778. The number of sulfonamides is 1. The van der Waals surface area contributed by atoms with Crippen LogP contribution in [0.3, 0.4) is 0 Å². The second kappa shape index (κ2) is 9.27. The Kier molecular flexibility index (Phi) is 6.99. The Hall–Kier alpha value is -1.60. The van der Waals surface area contributed by atoms with Crippen molar-refractivity contribution < 1.29 is 13.2 Å². The molecule has 0 aromatic heterocycles. The molecule has 2 saturated heterocycles. The molecule has 0 atom stereocenters. The Balaban J connectivity index is 2.04. The van der Waals surface area contributed by atoms with Crippen LogP contribution in [-0.4, -0.2) is 62.8 Å². The van der Waals surface area contributed by atoms with Crippen molar-refractivity contribution in [2.75, 3.05) is 44.2 Å². The zero-order chi connectivity index (χ0) is 20.1. The average molecular weight is 408 g/mol. The van der Waals surface area contributed by atoms with Gasteiger partial charge in [0.15, 0.2) is 0 Å². The number of nitrogens with zero attached hydrogens (tertiary/aromatic N) is 3. The van der Waals surface area contributed by atoms with E-state index in [0.29, 0.717) is 36.6 Å². The minimum Gasteiger partial charge on any atom is -0.370 e. The molecule has 0 bridgehead atoms. The summed E-state index contributed by atoms with van der Waals surface area (Å²) in [6.07, 6.45) is 6.20. The zero-order valence-corrected chi connectivity index (χ0v) is 18.0. The maximum Gasteiger partial charge on any atom is 0.253 e. The minimum atomic E-state index is -3.62. The average Bonchev–Trinajstić information content (AvgIpc) is 2.75. The fourth-order valence-corrected chi connectivity index (χ4v) is 5.94. The zero-order valence-electron chi connectivity index (χ0n) is 17.2. The number of carbonyl (C=O) groups excluding carboxylic acids is 1. The molecule has 0 radical (unpaired) electrons. The molecule has 0 saturated carbocycles. The molecule has 2 fully saturated rings. The van der Waals surface area contributed by atoms with Gasteiger partial charge in [-0.15, -0.1) is 0 Å². The minimum absolute atomic E-state index is 0.106. The normalized spacial score (nSPS) is 18.9. The number of anilines is 1. The first-order valence-corrected chi connectivity index (χ1v) is 12.1. The van der Waals surface area contributed by atoms with Crippen molar-refractivity contribution in [1.29, 1.82) is 0 Å². The molecule has 6 nitrogen and oxygen atoms in total. The Morgan fingerprint density at radius 2 is 1.50 bits per heavy atom. The van der Waals surface area contributed by atoms with Gasteiger partial charge in [0.05, 0.1) is 5.69 Å². The van der Waals surface area contributed by atoms with Crippen molar-refractivity contribution in [1.82, 2.24) is 9.21 Å². The second-order valence-electron chi connectivity index (χ2n) is 7.67. The van der Waals surface area contributed by atoms with Gasteiger partial charge in [0.2, 0.25) is 10.0 Å². The molecule has 2 aliphatic heterocycles. The highest BCUT2D eigenvalue weighted by Crippen LogP contribution is 2.32. The van der Waals surface area contributed by atoms with E-state index in [1.807, 2.05) is 19.9 Å². The van der Waals surface area contributed by atoms with Crippen molar-refractivity contribution in [3.63, 3.8) is 0 Å². The Labute approximate surface area is 169 Å². The largest absolute Gasteiger partial charge is 0.370 e. The molecular weight excluding hydrogens is 374 g/mol. The first-order chi connectivity index (χ1) is 13.5. The van der Waals surface area contributed by atoms with Crippen LogP contribution >= 0.6 is 0 Å². The molecule has 28 heavy (non-hydrogen) atoms. The summed E-state index contributed by atoms with van der Waals surface area (Å²) in [6.45, 7) is 7.96. The van der Waals surface area contributed by atoms with E-state index in [1.54, 1.807) is 21.3 Å². The monoisotopic (exact) mass is 407 g/mol. The molecule has 156 valence electrons. The number of hydrogen-bond acceptors (Lipinski definition) is 4. The molecule has 1 amide bonds. The number of rotatable bonds is 6. The van der Waals surface area contributed by atoms with Gasteiger partial charge in [-0.2, -0.15) is 4.31 Å². The van der Waals surface area contributed by atoms with Crippen molar-refractivity contribution in [3.8, 4) is 0 Å². The van der Waals surface area contributed by atoms with Gasteiger partial charge < -0.3 is 9.80 Å². The van der Waals surface area contributed by atoms with Crippen molar-refractivity contribution in [2.24, 2.45) is 0 Å². The summed E-state index contributed by atoms with van der Waals surface area (Å²) in [5, 5.41) is 0. The lowest BCUT2D eigenvalue weighted by atomic mass is 10.1. The van der Waals surface area contributed by atoms with Crippen molar-refractivity contribution in [3.05, 3.63) is 23.8 Å². The van der Waals surface area contributed by atoms with Gasteiger partial charge in [-0.05, 0) is 64.2 Å². The second-order valence-corrected chi connectivity index (χ2v) is 9.58. The first-order valence-electron chi connectivity index (χ1n) is 10.7. The quantitative estimate of drug-likeness (QED) is 0.726. The lowest BCUT2D eigenvalue weighted by Crippen LogP contribution is -2.38. The van der Waals surface area contributed by atoms with Gasteiger partial charge in [-0.3, -0.25) is 4.79 Å². The predicted octanol–water partition coefficient (Wildman–Crippen LogP) is 3.33. The molecule has 2 aliphatic rings. The van der Waals surface area contributed by atoms with Crippen LogP contribution in [-0.2, 0) is 10.0 Å². The molecular formula is C21H33N3O3S. The number of piperidine rings is 2. The molecule has 1 aromatic rings. The summed E-state index contributed by atoms with van der Waals surface area (Å²) in [6, 6.07) is 5.26. The summed E-state index contributed by atoms with van der Waals surface area (Å²) in [5.74, 6) is -0.106. The third-order valence-corrected chi connectivity index (χ3v) is 7.81. The Morgan fingerprint density at radius 1 is 0.929 bits per heavy atom. The molecule has 7 heteroatoms. The smallest absolute Gasteiger partial charge is 0.253 e. The van der Waals surface area contributed by atoms with Gasteiger partial charge in [-0.25, -0.2) is 8.42 Å². The fourth-order valence-electron chi connectivity index (χ4n) is 4.19. The van der Waals surface area contributed by atoms with Gasteiger partial charge in [0.25, 0.3) is 5.91 Å². The van der Waals surface area contributed by atoms with E-state index in [2.05, 4.69) is 4.90 Å². The van der Waals surface area contributed by atoms with Crippen LogP contribution in [0.1, 0.15) is 62.7 Å². The van der Waals surface area contributed by atoms with Crippen LogP contribution in [0.15, 0.2) is 23.1 Å². The van der Waals surface area contributed by atoms with E-state index in [-0.39, 0.29) is 5.91 Å². The standard InChI is InChI=1S/C21H33N3O3S/c1-3-22(4-2)21(25)18-11-12-19(23-13-7-5-8-14-23)20(17-18)28(26,27)24-15-9-6-10-16-24/h11-12,17H,3-10,13-16H2,1-2H3. The number of hydrogen-bond donors (Lipinski definition) is 0. The highest BCUT2D eigenvalue weighted by molar-refractivity contribution is 7.89.